The van der Waals surface area contributed by atoms with Crippen molar-refractivity contribution in [2.75, 3.05) is 0 Å². The predicted octanol–water partition coefficient (Wildman–Crippen LogP) is 19.2. The minimum absolute atomic E-state index is 0.112. The van der Waals surface area contributed by atoms with Crippen LogP contribution < -0.4 is 37.9 Å². The zero-order valence-corrected chi connectivity index (χ0v) is 53.1. The Kier molecular flexibility index (Phi) is 21.5. The van der Waals surface area contributed by atoms with Gasteiger partial charge in [-0.25, -0.2) is 8.42 Å². The monoisotopic (exact) mass is 1270 g/mol. The first-order valence-corrected chi connectivity index (χ1v) is 33.0. The summed E-state index contributed by atoms with van der Waals surface area (Å²) in [4.78, 5) is 0. The fourth-order valence-corrected chi connectivity index (χ4v) is 11.8. The van der Waals surface area contributed by atoms with E-state index in [0.717, 1.165) is 44.5 Å². The van der Waals surface area contributed by atoms with Gasteiger partial charge in [0, 0.05) is 56.3 Å². The van der Waals surface area contributed by atoms with Gasteiger partial charge in [-0.1, -0.05) is 243 Å². The van der Waals surface area contributed by atoms with E-state index >= 15 is 8.42 Å². The van der Waals surface area contributed by atoms with Gasteiger partial charge in [-0.15, -0.1) is 0 Å². The number of hydrogen-bond acceptors (Lipinski definition) is 10. The van der Waals surface area contributed by atoms with Gasteiger partial charge in [0.05, 0.1) is 0 Å². The molecular weight excluding hydrogens is 1200 g/mol. The van der Waals surface area contributed by atoms with E-state index in [1.165, 1.54) is 10.8 Å². The lowest BCUT2D eigenvalue weighted by atomic mass is 9.98. The third-order valence-corrected chi connectivity index (χ3v) is 16.6. The quantitative estimate of drug-likeness (QED) is 0.0432. The Bertz CT molecular complexity index is 4290. The summed E-state index contributed by atoms with van der Waals surface area (Å²) >= 11 is 0. The van der Waals surface area contributed by atoms with Gasteiger partial charge in [-0.05, 0) is 105 Å². The zero-order chi connectivity index (χ0) is 64.7. The molecule has 0 radical (unpaired) electrons. The second-order valence-corrected chi connectivity index (χ2v) is 24.1. The third kappa shape index (κ3) is 18.4. The standard InChI is InChI=1S/C84H70O10S/c85-95(86,61-79(69-37-21-7-22-38-69)77-45-41-75(51-83(77)93-57-67-33-17-5-18-34-67)89-59-71-49-73(87-53-63-25-9-1-10-26-63)43-47-81(71)91-55-65-29-13-3-14-30-65)62-80(70-39-23-8-24-40-70)78-46-42-76(52-84(78)94-58-68-35-19-6-20-36-68)90-60-72-50-74(88-54-64-27-11-2-12-28-64)44-48-82(72)92-56-66-31-15-4-16-32-66/h1-52,61-62H,53-60H2. The Morgan fingerprint density at radius 2 is 0.484 bits per heavy atom. The summed E-state index contributed by atoms with van der Waals surface area (Å²) in [5, 5.41) is 2.62. The first-order chi connectivity index (χ1) is 46.8. The van der Waals surface area contributed by atoms with Crippen LogP contribution in [0.3, 0.4) is 0 Å². The highest BCUT2D eigenvalue weighted by atomic mass is 32.2. The number of ether oxygens (including phenoxy) is 8. The largest absolute Gasteiger partial charge is 0.489 e. The zero-order valence-electron chi connectivity index (χ0n) is 52.3. The van der Waals surface area contributed by atoms with Crippen LogP contribution in [0.4, 0.5) is 0 Å². The van der Waals surface area contributed by atoms with Gasteiger partial charge in [0.1, 0.15) is 98.9 Å². The maximum atomic E-state index is 15.5. The van der Waals surface area contributed by atoms with Crippen molar-refractivity contribution in [3.8, 4) is 46.0 Å². The number of hydrogen-bond donors (Lipinski definition) is 0. The fourth-order valence-electron chi connectivity index (χ4n) is 10.6. The molecule has 12 aromatic rings. The van der Waals surface area contributed by atoms with Gasteiger partial charge in [0.2, 0.25) is 0 Å². The van der Waals surface area contributed by atoms with Crippen LogP contribution in [0, 0.1) is 0 Å². The van der Waals surface area contributed by atoms with Crippen LogP contribution in [0.1, 0.15) is 66.8 Å². The van der Waals surface area contributed by atoms with E-state index in [4.69, 9.17) is 37.9 Å². The van der Waals surface area contributed by atoms with Crippen LogP contribution >= 0.6 is 0 Å². The summed E-state index contributed by atoms with van der Waals surface area (Å²) in [5.74, 6) is 4.37. The molecule has 0 amide bonds. The predicted molar refractivity (Wildman–Crippen MR) is 375 cm³/mol. The second-order valence-electron chi connectivity index (χ2n) is 22.5. The van der Waals surface area contributed by atoms with E-state index in [-0.39, 0.29) is 26.4 Å². The Morgan fingerprint density at radius 3 is 0.789 bits per heavy atom. The minimum atomic E-state index is -4.32. The lowest BCUT2D eigenvalue weighted by Crippen LogP contribution is -2.05. The lowest BCUT2D eigenvalue weighted by Gasteiger charge is -2.19. The molecule has 10 nitrogen and oxygen atoms in total. The second kappa shape index (κ2) is 32.2. The lowest BCUT2D eigenvalue weighted by molar-refractivity contribution is 0.266. The molecular formula is C84H70O10S. The molecule has 0 heterocycles. The maximum absolute atomic E-state index is 15.5. The average molecular weight is 1270 g/mol. The van der Waals surface area contributed by atoms with E-state index in [1.54, 1.807) is 0 Å². The van der Waals surface area contributed by atoms with Gasteiger partial charge >= 0.3 is 0 Å². The smallest absolute Gasteiger partial charge is 0.194 e. The maximum Gasteiger partial charge on any atom is 0.194 e. The number of rotatable bonds is 30. The van der Waals surface area contributed by atoms with Crippen LogP contribution in [0.25, 0.3) is 11.1 Å². The molecule has 0 spiro atoms. The van der Waals surface area contributed by atoms with E-state index < -0.39 is 9.84 Å². The SMILES string of the molecule is O=S(=O)(C=C(c1ccccc1)c1ccc(OCc2cc(OCc3ccccc3)ccc2OCc2ccccc2)cc1OCc1ccccc1)C=C(c1ccccc1)c1ccc(OCc2cc(OCc3ccccc3)ccc2OCc2ccccc2)cc1OCc1ccccc1. The van der Waals surface area contributed by atoms with Gasteiger partial charge in [-0.3, -0.25) is 0 Å². The molecule has 0 aliphatic rings. The summed E-state index contributed by atoms with van der Waals surface area (Å²) in [7, 11) is -4.32. The van der Waals surface area contributed by atoms with E-state index in [0.29, 0.717) is 106 Å². The van der Waals surface area contributed by atoms with Gasteiger partial charge in [0.25, 0.3) is 0 Å². The molecule has 0 unspecified atom stereocenters. The number of benzene rings is 12. The normalized spacial score (nSPS) is 11.5. The summed E-state index contributed by atoms with van der Waals surface area (Å²) in [6, 6.07) is 101. The molecule has 472 valence electrons. The summed E-state index contributed by atoms with van der Waals surface area (Å²) in [5.41, 5.74) is 10.6. The molecule has 0 fully saturated rings. The van der Waals surface area contributed by atoms with Crippen LogP contribution in [-0.2, 0) is 62.7 Å². The highest BCUT2D eigenvalue weighted by Crippen LogP contribution is 2.40. The Balaban J connectivity index is 0.887. The number of sulfone groups is 1. The summed E-state index contributed by atoms with van der Waals surface area (Å²) < 4.78 is 83.3. The first kappa shape index (κ1) is 63.6. The Hall–Kier alpha value is -11.5. The van der Waals surface area contributed by atoms with E-state index in [9.17, 15) is 0 Å². The summed E-state index contributed by atoms with van der Waals surface area (Å²) in [6.45, 7) is 2.07. The van der Waals surface area contributed by atoms with E-state index in [1.807, 2.05) is 315 Å². The molecule has 0 saturated carbocycles. The van der Waals surface area contributed by atoms with Crippen LogP contribution in [-0.4, -0.2) is 8.42 Å². The molecule has 0 bridgehead atoms. The van der Waals surface area contributed by atoms with Gasteiger partial charge in [0.15, 0.2) is 9.84 Å². The van der Waals surface area contributed by atoms with Crippen molar-refractivity contribution in [2.24, 2.45) is 0 Å². The molecule has 0 saturated heterocycles. The van der Waals surface area contributed by atoms with Crippen molar-refractivity contribution in [1.29, 1.82) is 0 Å². The minimum Gasteiger partial charge on any atom is -0.489 e. The van der Waals surface area contributed by atoms with Crippen molar-refractivity contribution in [3.05, 3.63) is 393 Å². The van der Waals surface area contributed by atoms with Crippen molar-refractivity contribution >= 4 is 21.0 Å². The van der Waals surface area contributed by atoms with Crippen molar-refractivity contribution < 1.29 is 46.3 Å². The van der Waals surface area contributed by atoms with Crippen molar-refractivity contribution in [2.45, 2.75) is 52.9 Å². The highest BCUT2D eigenvalue weighted by Gasteiger charge is 2.22. The molecule has 0 atom stereocenters. The molecule has 95 heavy (non-hydrogen) atoms. The summed E-state index contributed by atoms with van der Waals surface area (Å²) in [6.07, 6.45) is 0. The van der Waals surface area contributed by atoms with Gasteiger partial charge in [-0.2, -0.15) is 0 Å². The molecule has 11 heteroatoms. The van der Waals surface area contributed by atoms with Gasteiger partial charge < -0.3 is 37.9 Å². The molecule has 12 rings (SSSR count). The van der Waals surface area contributed by atoms with Crippen molar-refractivity contribution in [3.63, 3.8) is 0 Å². The molecule has 12 aromatic carbocycles. The van der Waals surface area contributed by atoms with Crippen LogP contribution in [0.5, 0.6) is 46.0 Å². The molecule has 0 N–H and O–H groups in total. The Labute approximate surface area is 556 Å². The average Bonchev–Trinajstić information content (AvgIpc) is 0.855. The van der Waals surface area contributed by atoms with Crippen LogP contribution in [0.15, 0.2) is 326 Å². The topological polar surface area (TPSA) is 108 Å². The molecule has 0 aliphatic carbocycles. The van der Waals surface area contributed by atoms with E-state index in [2.05, 4.69) is 0 Å². The van der Waals surface area contributed by atoms with Crippen LogP contribution in [0.2, 0.25) is 0 Å². The Morgan fingerprint density at radius 1 is 0.242 bits per heavy atom. The highest BCUT2D eigenvalue weighted by molar-refractivity contribution is 7.97. The first-order valence-electron chi connectivity index (χ1n) is 31.4. The molecule has 0 aromatic heterocycles. The van der Waals surface area contributed by atoms with Crippen molar-refractivity contribution in [1.82, 2.24) is 0 Å². The fraction of sp³-hybridized carbons (Fsp3) is 0.0952. The molecule has 0 aliphatic heterocycles. The third-order valence-electron chi connectivity index (χ3n) is 15.5.